The molecule has 3 amide bonds. The number of thiazole rings is 1. The molecular weight excluding hydrogens is 364 g/mol. The minimum atomic E-state index is -0.495. The smallest absolute Gasteiger partial charge is 0.267 e. The molecule has 0 atom stereocenters. The van der Waals surface area contributed by atoms with Crippen molar-refractivity contribution in [2.24, 2.45) is 5.73 Å². The number of carbonyl (C=O) groups is 3. The van der Waals surface area contributed by atoms with Crippen molar-refractivity contribution in [2.45, 2.75) is 6.92 Å². The van der Waals surface area contributed by atoms with Crippen molar-refractivity contribution in [1.29, 1.82) is 0 Å². The van der Waals surface area contributed by atoms with Crippen LogP contribution in [0, 0.1) is 0 Å². The predicted octanol–water partition coefficient (Wildman–Crippen LogP) is 3.12. The van der Waals surface area contributed by atoms with Crippen molar-refractivity contribution >= 4 is 40.4 Å². The van der Waals surface area contributed by atoms with Gasteiger partial charge in [-0.3, -0.25) is 14.4 Å². The summed E-state index contributed by atoms with van der Waals surface area (Å²) in [6.07, 6.45) is 1.50. The topological polar surface area (TPSA) is 114 Å². The molecule has 0 aliphatic carbocycles. The molecule has 1 aromatic heterocycles. The molecule has 4 N–H and O–H groups in total. The van der Waals surface area contributed by atoms with Crippen LogP contribution in [0.4, 0.5) is 11.4 Å². The Morgan fingerprint density at radius 3 is 2.07 bits per heavy atom. The largest absolute Gasteiger partial charge is 0.366 e. The molecule has 0 fully saturated rings. The van der Waals surface area contributed by atoms with E-state index in [9.17, 15) is 14.4 Å². The van der Waals surface area contributed by atoms with Crippen molar-refractivity contribution in [1.82, 2.24) is 4.98 Å². The third-order valence-electron chi connectivity index (χ3n) is 3.61. The number of primary amides is 1. The summed E-state index contributed by atoms with van der Waals surface area (Å²) in [6, 6.07) is 13.5. The summed E-state index contributed by atoms with van der Waals surface area (Å²) in [6.45, 7) is 1.43. The molecule has 8 heteroatoms. The van der Waals surface area contributed by atoms with Crippen LogP contribution in [0.1, 0.15) is 27.0 Å². The van der Waals surface area contributed by atoms with E-state index in [0.29, 0.717) is 26.8 Å². The lowest BCUT2D eigenvalue weighted by Gasteiger charge is -2.05. The molecule has 27 heavy (non-hydrogen) atoms. The summed E-state index contributed by atoms with van der Waals surface area (Å²) in [5, 5.41) is 6.11. The van der Waals surface area contributed by atoms with Gasteiger partial charge in [-0.05, 0) is 36.4 Å². The highest BCUT2D eigenvalue weighted by Crippen LogP contribution is 2.26. The van der Waals surface area contributed by atoms with Gasteiger partial charge in [0.2, 0.25) is 11.8 Å². The number of hydrogen-bond donors (Lipinski definition) is 3. The normalized spacial score (nSPS) is 10.3. The summed E-state index contributed by atoms with van der Waals surface area (Å²) in [5.74, 6) is -0.933. The number of benzene rings is 2. The Bertz CT molecular complexity index is 995. The Labute approximate surface area is 159 Å². The fourth-order valence-electron chi connectivity index (χ4n) is 2.32. The maximum atomic E-state index is 12.4. The number of hydrogen-bond acceptors (Lipinski definition) is 5. The van der Waals surface area contributed by atoms with Crippen molar-refractivity contribution in [3.05, 3.63) is 65.2 Å². The number of aromatic nitrogens is 1. The summed E-state index contributed by atoms with van der Waals surface area (Å²) < 4.78 is 0. The van der Waals surface area contributed by atoms with Gasteiger partial charge in [0.05, 0.1) is 6.20 Å². The fraction of sp³-hybridized carbons (Fsp3) is 0.0526. The van der Waals surface area contributed by atoms with Gasteiger partial charge in [0.25, 0.3) is 5.91 Å². The van der Waals surface area contributed by atoms with E-state index in [-0.39, 0.29) is 11.8 Å². The molecule has 2 aromatic carbocycles. The van der Waals surface area contributed by atoms with E-state index in [1.54, 1.807) is 48.5 Å². The first-order valence-corrected chi connectivity index (χ1v) is 8.79. The number of nitrogens with two attached hydrogens (primary N) is 1. The highest BCUT2D eigenvalue weighted by Gasteiger charge is 2.12. The Balaban J connectivity index is 1.69. The van der Waals surface area contributed by atoms with Crippen LogP contribution in [-0.4, -0.2) is 22.7 Å². The lowest BCUT2D eigenvalue weighted by atomic mass is 10.1. The number of nitrogens with one attached hydrogen (secondary N) is 2. The molecule has 0 saturated carbocycles. The summed E-state index contributed by atoms with van der Waals surface area (Å²) in [7, 11) is 0. The average molecular weight is 380 g/mol. The minimum Gasteiger partial charge on any atom is -0.366 e. The van der Waals surface area contributed by atoms with E-state index in [0.717, 1.165) is 5.56 Å². The summed E-state index contributed by atoms with van der Waals surface area (Å²) in [4.78, 5) is 39.3. The lowest BCUT2D eigenvalue weighted by molar-refractivity contribution is -0.114. The predicted molar refractivity (Wildman–Crippen MR) is 105 cm³/mol. The number of amides is 3. The van der Waals surface area contributed by atoms with Gasteiger partial charge in [-0.25, -0.2) is 4.98 Å². The van der Waals surface area contributed by atoms with Crippen LogP contribution < -0.4 is 16.4 Å². The second kappa shape index (κ2) is 7.79. The average Bonchev–Trinajstić information content (AvgIpc) is 3.13. The van der Waals surface area contributed by atoms with Crippen LogP contribution >= 0.6 is 11.3 Å². The molecule has 0 spiro atoms. The molecule has 0 radical (unpaired) electrons. The Kier molecular flexibility index (Phi) is 5.28. The summed E-state index contributed by atoms with van der Waals surface area (Å²) in [5.41, 5.74) is 7.69. The molecular formula is C19H16N4O3S. The quantitative estimate of drug-likeness (QED) is 0.631. The van der Waals surface area contributed by atoms with Gasteiger partial charge in [0.1, 0.15) is 9.88 Å². The molecule has 0 aliphatic heterocycles. The minimum absolute atomic E-state index is 0.159. The van der Waals surface area contributed by atoms with E-state index in [4.69, 9.17) is 5.73 Å². The van der Waals surface area contributed by atoms with Gasteiger partial charge in [-0.1, -0.05) is 12.1 Å². The van der Waals surface area contributed by atoms with Gasteiger partial charge in [0, 0.05) is 29.4 Å². The molecule has 3 aromatic rings. The highest BCUT2D eigenvalue weighted by molar-refractivity contribution is 7.17. The molecule has 7 nitrogen and oxygen atoms in total. The van der Waals surface area contributed by atoms with E-state index < -0.39 is 5.91 Å². The standard InChI is InChI=1S/C19H16N4O3S/c1-11(24)22-14-6-8-15(9-7-14)23-18(26)16-10-21-19(27-16)13-4-2-12(3-5-13)17(20)25/h2-10H,1H3,(H2,20,25)(H,22,24)(H,23,26). The molecule has 136 valence electrons. The van der Waals surface area contributed by atoms with Gasteiger partial charge in [-0.2, -0.15) is 0 Å². The Morgan fingerprint density at radius 1 is 0.926 bits per heavy atom. The molecule has 0 unspecified atom stereocenters. The zero-order chi connectivity index (χ0) is 19.4. The van der Waals surface area contributed by atoms with Crippen LogP contribution in [0.2, 0.25) is 0 Å². The first kappa shape index (κ1) is 18.3. The number of rotatable bonds is 5. The SMILES string of the molecule is CC(=O)Nc1ccc(NC(=O)c2cnc(-c3ccc(C(N)=O)cc3)s2)cc1. The molecule has 0 saturated heterocycles. The molecule has 0 bridgehead atoms. The van der Waals surface area contributed by atoms with E-state index in [2.05, 4.69) is 15.6 Å². The van der Waals surface area contributed by atoms with Crippen LogP contribution in [0.15, 0.2) is 54.7 Å². The molecule has 0 aliphatic rings. The third kappa shape index (κ3) is 4.56. The van der Waals surface area contributed by atoms with Crippen LogP contribution in [0.5, 0.6) is 0 Å². The number of nitrogens with zero attached hydrogens (tertiary/aromatic N) is 1. The van der Waals surface area contributed by atoms with Gasteiger partial charge in [-0.15, -0.1) is 11.3 Å². The third-order valence-corrected chi connectivity index (χ3v) is 4.65. The maximum Gasteiger partial charge on any atom is 0.267 e. The Hall–Kier alpha value is -3.52. The fourth-order valence-corrected chi connectivity index (χ4v) is 3.14. The molecule has 3 rings (SSSR count). The first-order valence-electron chi connectivity index (χ1n) is 7.97. The van der Waals surface area contributed by atoms with Crippen molar-refractivity contribution in [3.63, 3.8) is 0 Å². The van der Waals surface area contributed by atoms with Crippen LogP contribution in [-0.2, 0) is 4.79 Å². The zero-order valence-electron chi connectivity index (χ0n) is 14.4. The monoisotopic (exact) mass is 380 g/mol. The molecule has 1 heterocycles. The number of anilines is 2. The van der Waals surface area contributed by atoms with Gasteiger partial charge >= 0.3 is 0 Å². The van der Waals surface area contributed by atoms with E-state index >= 15 is 0 Å². The van der Waals surface area contributed by atoms with E-state index in [1.165, 1.54) is 24.5 Å². The van der Waals surface area contributed by atoms with Crippen molar-refractivity contribution in [3.8, 4) is 10.6 Å². The van der Waals surface area contributed by atoms with Crippen LogP contribution in [0.3, 0.4) is 0 Å². The van der Waals surface area contributed by atoms with Crippen LogP contribution in [0.25, 0.3) is 10.6 Å². The van der Waals surface area contributed by atoms with Gasteiger partial charge < -0.3 is 16.4 Å². The number of carbonyl (C=O) groups excluding carboxylic acids is 3. The van der Waals surface area contributed by atoms with Crippen molar-refractivity contribution in [2.75, 3.05) is 10.6 Å². The highest BCUT2D eigenvalue weighted by atomic mass is 32.1. The second-order valence-electron chi connectivity index (χ2n) is 5.68. The van der Waals surface area contributed by atoms with Gasteiger partial charge in [0.15, 0.2) is 0 Å². The summed E-state index contributed by atoms with van der Waals surface area (Å²) >= 11 is 1.24. The Morgan fingerprint density at radius 2 is 1.52 bits per heavy atom. The van der Waals surface area contributed by atoms with E-state index in [1.807, 2.05) is 0 Å². The second-order valence-corrected chi connectivity index (χ2v) is 6.71. The maximum absolute atomic E-state index is 12.4. The first-order chi connectivity index (χ1) is 12.9. The lowest BCUT2D eigenvalue weighted by Crippen LogP contribution is -2.10. The zero-order valence-corrected chi connectivity index (χ0v) is 15.2. The van der Waals surface area contributed by atoms with Crippen molar-refractivity contribution < 1.29 is 14.4 Å².